The molecule has 15 heteroatoms. The van der Waals surface area contributed by atoms with Crippen molar-refractivity contribution in [3.05, 3.63) is 10.1 Å². The minimum atomic E-state index is -0.850. The van der Waals surface area contributed by atoms with Crippen molar-refractivity contribution in [1.82, 2.24) is 16.1 Å². The number of hydrogen-bond donors (Lipinski definition) is 4. The molecule has 14 nitrogen and oxygen atoms in total. The summed E-state index contributed by atoms with van der Waals surface area (Å²) in [5.74, 6) is -0.348. The summed E-state index contributed by atoms with van der Waals surface area (Å²) in [7, 11) is 0.763. The molecule has 0 aromatic heterocycles. The second-order valence-electron chi connectivity index (χ2n) is 14.0. The number of nitrogens with zero attached hydrogens (tertiary/aromatic N) is 2. The van der Waals surface area contributed by atoms with Gasteiger partial charge in [-0.25, -0.2) is 15.1 Å². The first-order valence-electron chi connectivity index (χ1n) is 16.4. The van der Waals surface area contributed by atoms with Crippen LogP contribution >= 0.6 is 0 Å². The highest BCUT2D eigenvalue weighted by molar-refractivity contribution is 6.48. The Kier molecular flexibility index (Phi) is 13.0. The fourth-order valence-electron chi connectivity index (χ4n) is 7.27. The summed E-state index contributed by atoms with van der Waals surface area (Å²) in [6.07, 6.45) is 6.74. The number of nitrogens with two attached hydrogens (primary N) is 1. The molecule has 45 heavy (non-hydrogen) atoms. The zero-order valence-electron chi connectivity index (χ0n) is 27.8. The molecule has 0 spiro atoms. The van der Waals surface area contributed by atoms with E-state index in [-0.39, 0.29) is 60.6 Å². The molecular weight excluding hydrogens is 583 g/mol. The van der Waals surface area contributed by atoms with Gasteiger partial charge in [-0.2, -0.15) is 0 Å². The van der Waals surface area contributed by atoms with E-state index in [0.29, 0.717) is 43.9 Å². The molecule has 3 aliphatic carbocycles. The molecule has 254 valence electrons. The number of methoxy groups -OCH3 is 1. The molecule has 0 aromatic rings. The van der Waals surface area contributed by atoms with Crippen molar-refractivity contribution in [3.8, 4) is 0 Å². The van der Waals surface area contributed by atoms with Crippen molar-refractivity contribution in [2.75, 3.05) is 13.7 Å². The van der Waals surface area contributed by atoms with E-state index in [2.05, 4.69) is 55.0 Å². The van der Waals surface area contributed by atoms with Crippen LogP contribution in [0.1, 0.15) is 105 Å². The Morgan fingerprint density at radius 2 is 1.78 bits per heavy atom. The third-order valence-corrected chi connectivity index (χ3v) is 9.90. The average molecular weight is 637 g/mol. The van der Waals surface area contributed by atoms with Gasteiger partial charge in [-0.05, 0) is 75.0 Å². The summed E-state index contributed by atoms with van der Waals surface area (Å²) < 4.78 is 17.8. The number of ether oxygens (including phenoxy) is 1. The van der Waals surface area contributed by atoms with E-state index < -0.39 is 29.7 Å². The van der Waals surface area contributed by atoms with Crippen LogP contribution in [0.4, 0.5) is 0 Å². The van der Waals surface area contributed by atoms with Crippen LogP contribution in [0.3, 0.4) is 0 Å². The maximum Gasteiger partial charge on any atom is 0.481 e. The SMILES string of the molecule is COC(=O)CCCCCCC(=O)N[C@@H](CCCN=C(N)N[N+](=O)[O-])C(=O)N[C@@H](CC(C)C)B1O[C@@H]2C[C@H]3C[C@H](C3(C)C)[C@]2(C)O1. The zero-order valence-corrected chi connectivity index (χ0v) is 27.8. The molecule has 4 aliphatic rings. The van der Waals surface area contributed by atoms with E-state index >= 15 is 0 Å². The number of hydrazine groups is 1. The molecule has 4 rings (SSSR count). The number of amides is 2. The van der Waals surface area contributed by atoms with Crippen molar-refractivity contribution < 1.29 is 33.5 Å². The number of esters is 1. The lowest BCUT2D eigenvalue weighted by Crippen LogP contribution is -2.65. The molecular formula is C30H53BN6O8. The van der Waals surface area contributed by atoms with Gasteiger partial charge in [0, 0.05) is 19.4 Å². The minimum absolute atomic E-state index is 0.0231. The van der Waals surface area contributed by atoms with Gasteiger partial charge < -0.3 is 30.4 Å². The van der Waals surface area contributed by atoms with E-state index in [0.717, 1.165) is 25.7 Å². The van der Waals surface area contributed by atoms with Crippen LogP contribution in [-0.4, -0.2) is 73.2 Å². The second-order valence-corrected chi connectivity index (χ2v) is 14.0. The Morgan fingerprint density at radius 1 is 1.09 bits per heavy atom. The van der Waals surface area contributed by atoms with E-state index in [4.69, 9.17) is 15.0 Å². The Bertz CT molecular complexity index is 1090. The first kappa shape index (κ1) is 36.5. The number of nitrogens with one attached hydrogen (secondary N) is 3. The number of nitro groups is 1. The summed E-state index contributed by atoms with van der Waals surface area (Å²) in [5.41, 5.74) is 7.08. The first-order chi connectivity index (χ1) is 21.2. The molecule has 0 unspecified atom stereocenters. The van der Waals surface area contributed by atoms with Crippen LogP contribution in [0.2, 0.25) is 0 Å². The van der Waals surface area contributed by atoms with Crippen LogP contribution in [0.25, 0.3) is 0 Å². The predicted molar refractivity (Wildman–Crippen MR) is 169 cm³/mol. The van der Waals surface area contributed by atoms with Crippen LogP contribution < -0.4 is 21.8 Å². The zero-order chi connectivity index (χ0) is 33.4. The molecule has 1 saturated heterocycles. The van der Waals surface area contributed by atoms with Crippen molar-refractivity contribution in [2.24, 2.45) is 33.9 Å². The summed E-state index contributed by atoms with van der Waals surface area (Å²) in [6, 6.07) is -0.850. The van der Waals surface area contributed by atoms with Crippen LogP contribution in [0.5, 0.6) is 0 Å². The van der Waals surface area contributed by atoms with Crippen molar-refractivity contribution in [2.45, 2.75) is 129 Å². The topological polar surface area (TPSA) is 197 Å². The highest BCUT2D eigenvalue weighted by Gasteiger charge is 2.68. The fourth-order valence-corrected chi connectivity index (χ4v) is 7.27. The Morgan fingerprint density at radius 3 is 2.40 bits per heavy atom. The van der Waals surface area contributed by atoms with Crippen LogP contribution in [-0.2, 0) is 28.4 Å². The van der Waals surface area contributed by atoms with Gasteiger partial charge in [-0.1, -0.05) is 46.0 Å². The van der Waals surface area contributed by atoms with E-state index in [1.165, 1.54) is 7.11 Å². The Hall–Kier alpha value is -2.94. The summed E-state index contributed by atoms with van der Waals surface area (Å²) in [4.78, 5) is 52.4. The van der Waals surface area contributed by atoms with Crippen LogP contribution in [0, 0.1) is 33.3 Å². The van der Waals surface area contributed by atoms with Crippen molar-refractivity contribution in [1.29, 1.82) is 0 Å². The van der Waals surface area contributed by atoms with Crippen molar-refractivity contribution >= 4 is 30.9 Å². The van der Waals surface area contributed by atoms with Gasteiger partial charge in [-0.15, -0.1) is 0 Å². The summed E-state index contributed by atoms with van der Waals surface area (Å²) in [6.45, 7) is 11.0. The van der Waals surface area contributed by atoms with E-state index in [1.807, 2.05) is 0 Å². The van der Waals surface area contributed by atoms with Gasteiger partial charge in [0.2, 0.25) is 11.8 Å². The lowest BCUT2D eigenvalue weighted by molar-refractivity contribution is -0.525. The average Bonchev–Trinajstić information content (AvgIpc) is 3.32. The predicted octanol–water partition coefficient (Wildman–Crippen LogP) is 2.66. The number of hydrogen-bond acceptors (Lipinski definition) is 9. The normalized spacial score (nSPS) is 26.3. The van der Waals surface area contributed by atoms with Crippen molar-refractivity contribution in [3.63, 3.8) is 0 Å². The Labute approximate surface area is 267 Å². The largest absolute Gasteiger partial charge is 0.481 e. The van der Waals surface area contributed by atoms with E-state index in [9.17, 15) is 24.5 Å². The van der Waals surface area contributed by atoms with Gasteiger partial charge in [0.25, 0.3) is 5.96 Å². The van der Waals surface area contributed by atoms with Gasteiger partial charge in [0.1, 0.15) is 6.04 Å². The first-order valence-corrected chi connectivity index (χ1v) is 16.4. The van der Waals surface area contributed by atoms with E-state index in [1.54, 1.807) is 5.43 Å². The quantitative estimate of drug-likeness (QED) is 0.0330. The van der Waals surface area contributed by atoms with Gasteiger partial charge >= 0.3 is 13.1 Å². The molecule has 1 heterocycles. The molecule has 2 bridgehead atoms. The second kappa shape index (κ2) is 16.1. The van der Waals surface area contributed by atoms with Gasteiger partial charge in [-0.3, -0.25) is 14.4 Å². The summed E-state index contributed by atoms with van der Waals surface area (Å²) >= 11 is 0. The highest BCUT2D eigenvalue weighted by atomic mass is 16.7. The number of carbonyl (C=O) groups is 3. The lowest BCUT2D eigenvalue weighted by Gasteiger charge is -2.64. The maximum absolute atomic E-state index is 13.7. The maximum atomic E-state index is 13.7. The molecule has 6 atom stereocenters. The molecule has 0 aromatic carbocycles. The number of carbonyl (C=O) groups excluding carboxylic acids is 3. The fraction of sp³-hybridized carbons (Fsp3) is 0.867. The number of unbranched alkanes of at least 4 members (excludes halogenated alkanes) is 3. The smallest absolute Gasteiger partial charge is 0.469 e. The number of rotatable bonds is 18. The number of guanidine groups is 1. The van der Waals surface area contributed by atoms with Gasteiger partial charge in [0.15, 0.2) is 5.03 Å². The minimum Gasteiger partial charge on any atom is -0.469 e. The van der Waals surface area contributed by atoms with Crippen LogP contribution in [0.15, 0.2) is 4.99 Å². The molecule has 3 saturated carbocycles. The third-order valence-electron chi connectivity index (χ3n) is 9.90. The lowest BCUT2D eigenvalue weighted by atomic mass is 9.43. The Balaban J connectivity index is 1.62. The molecule has 5 N–H and O–H groups in total. The molecule has 0 radical (unpaired) electrons. The molecule has 4 fully saturated rings. The standard InChI is InChI=1S/C30H53BN6O8/c1-19(2)16-24(31-44-23-18-20-17-22(29(20,3)4)30(23,5)45-31)35-27(40)21(12-11-15-33-28(32)36-37(41)42)34-25(38)13-9-7-8-10-14-26(39)43-6/h19-24H,7-18H2,1-6H3,(H,34,38)(H,35,40)(H3,32,33,36)/t20-,21+,22-,23-,24+,30+/m1/s1. The number of aliphatic imine (C=N–C) groups is 1. The van der Waals surface area contributed by atoms with Gasteiger partial charge in [0.05, 0.1) is 24.8 Å². The molecule has 2 amide bonds. The summed E-state index contributed by atoms with van der Waals surface area (Å²) in [5, 5.41) is 15.8. The highest BCUT2D eigenvalue weighted by Crippen LogP contribution is 2.65. The monoisotopic (exact) mass is 636 g/mol. The third kappa shape index (κ3) is 9.78. The molecule has 1 aliphatic heterocycles.